The van der Waals surface area contributed by atoms with Gasteiger partial charge in [-0.1, -0.05) is 0 Å². The van der Waals surface area contributed by atoms with E-state index >= 15 is 0 Å². The van der Waals surface area contributed by atoms with E-state index in [0.717, 1.165) is 12.1 Å². The second kappa shape index (κ2) is 5.79. The summed E-state index contributed by atoms with van der Waals surface area (Å²) in [5, 5.41) is 11.4. The van der Waals surface area contributed by atoms with Gasteiger partial charge in [-0.25, -0.2) is 14.2 Å². The van der Waals surface area contributed by atoms with Crippen LogP contribution < -0.4 is 5.32 Å². The Morgan fingerprint density at radius 2 is 2.00 bits per heavy atom. The summed E-state index contributed by atoms with van der Waals surface area (Å²) in [6.45, 7) is 0. The number of anilines is 1. The van der Waals surface area contributed by atoms with Gasteiger partial charge in [0.2, 0.25) is 0 Å². The van der Waals surface area contributed by atoms with Crippen molar-refractivity contribution >= 4 is 33.5 Å². The first kappa shape index (κ1) is 14.1. The molecule has 0 unspecified atom stereocenters. The lowest BCUT2D eigenvalue weighted by Gasteiger charge is -2.08. The van der Waals surface area contributed by atoms with Crippen LogP contribution in [0.3, 0.4) is 0 Å². The number of aromatic carboxylic acids is 1. The Labute approximate surface area is 121 Å². The Hall–Kier alpha value is -2.28. The summed E-state index contributed by atoms with van der Waals surface area (Å²) in [5.74, 6) is -2.60. The van der Waals surface area contributed by atoms with Gasteiger partial charge in [0.05, 0.1) is 11.3 Å². The standard InChI is InChI=1S/C13H8BrFN2O3/c14-7-1-3-11(16-6-7)12(18)17-10-4-2-8(15)5-9(10)13(19)20/h1-6H,(H,17,18)(H,19,20). The molecule has 0 saturated heterocycles. The van der Waals surface area contributed by atoms with Crippen molar-refractivity contribution in [1.82, 2.24) is 4.98 Å². The largest absolute Gasteiger partial charge is 0.478 e. The van der Waals surface area contributed by atoms with Gasteiger partial charge in [-0.2, -0.15) is 0 Å². The predicted molar refractivity (Wildman–Crippen MR) is 73.2 cm³/mol. The van der Waals surface area contributed by atoms with Crippen LogP contribution in [-0.4, -0.2) is 22.0 Å². The van der Waals surface area contributed by atoms with E-state index < -0.39 is 17.7 Å². The molecule has 0 aliphatic rings. The highest BCUT2D eigenvalue weighted by Gasteiger charge is 2.15. The molecule has 0 radical (unpaired) electrons. The quantitative estimate of drug-likeness (QED) is 0.901. The third kappa shape index (κ3) is 3.18. The van der Waals surface area contributed by atoms with E-state index in [4.69, 9.17) is 5.11 Å². The van der Waals surface area contributed by atoms with Crippen LogP contribution in [0.2, 0.25) is 0 Å². The van der Waals surface area contributed by atoms with Gasteiger partial charge in [0.1, 0.15) is 11.5 Å². The fourth-order valence-corrected chi connectivity index (χ4v) is 1.73. The number of nitrogens with one attached hydrogen (secondary N) is 1. The average molecular weight is 339 g/mol. The number of carboxylic acid groups (broad SMARTS) is 1. The van der Waals surface area contributed by atoms with Gasteiger partial charge in [0.25, 0.3) is 5.91 Å². The number of rotatable bonds is 3. The number of hydrogen-bond donors (Lipinski definition) is 2. The number of carboxylic acids is 1. The Morgan fingerprint density at radius 1 is 1.25 bits per heavy atom. The van der Waals surface area contributed by atoms with Gasteiger partial charge in [-0.15, -0.1) is 0 Å². The lowest BCUT2D eigenvalue weighted by Crippen LogP contribution is -2.16. The van der Waals surface area contributed by atoms with Crippen LogP contribution in [0, 0.1) is 5.82 Å². The van der Waals surface area contributed by atoms with Gasteiger partial charge in [0, 0.05) is 10.7 Å². The number of hydrogen-bond acceptors (Lipinski definition) is 3. The number of carbonyl (C=O) groups excluding carboxylic acids is 1. The van der Waals surface area contributed by atoms with Crippen molar-refractivity contribution in [2.75, 3.05) is 5.32 Å². The number of halogens is 2. The molecule has 0 bridgehead atoms. The number of pyridine rings is 1. The predicted octanol–water partition coefficient (Wildman–Crippen LogP) is 2.93. The SMILES string of the molecule is O=C(Nc1ccc(F)cc1C(=O)O)c1ccc(Br)cn1. The minimum Gasteiger partial charge on any atom is -0.478 e. The van der Waals surface area contributed by atoms with Crippen molar-refractivity contribution < 1.29 is 19.1 Å². The van der Waals surface area contributed by atoms with Crippen LogP contribution in [-0.2, 0) is 0 Å². The van der Waals surface area contributed by atoms with Gasteiger partial charge in [-0.3, -0.25) is 4.79 Å². The molecule has 2 rings (SSSR count). The van der Waals surface area contributed by atoms with Crippen molar-refractivity contribution in [2.45, 2.75) is 0 Å². The van der Waals surface area contributed by atoms with Crippen molar-refractivity contribution in [3.05, 3.63) is 58.1 Å². The van der Waals surface area contributed by atoms with E-state index in [0.29, 0.717) is 4.47 Å². The van der Waals surface area contributed by atoms with Gasteiger partial charge in [-0.05, 0) is 46.3 Å². The number of amides is 1. The highest BCUT2D eigenvalue weighted by Crippen LogP contribution is 2.18. The molecule has 0 spiro atoms. The van der Waals surface area contributed by atoms with E-state index in [2.05, 4.69) is 26.2 Å². The molecule has 0 saturated carbocycles. The van der Waals surface area contributed by atoms with Crippen LogP contribution in [0.15, 0.2) is 41.0 Å². The molecule has 1 aromatic heterocycles. The topological polar surface area (TPSA) is 79.3 Å². The smallest absolute Gasteiger partial charge is 0.337 e. The maximum atomic E-state index is 13.0. The van der Waals surface area contributed by atoms with Crippen molar-refractivity contribution in [3.8, 4) is 0 Å². The summed E-state index contributed by atoms with van der Waals surface area (Å²) < 4.78 is 13.7. The van der Waals surface area contributed by atoms with Crippen LogP contribution in [0.5, 0.6) is 0 Å². The molecule has 1 heterocycles. The van der Waals surface area contributed by atoms with Crippen molar-refractivity contribution in [3.63, 3.8) is 0 Å². The molecule has 0 fully saturated rings. The van der Waals surface area contributed by atoms with E-state index in [-0.39, 0.29) is 16.9 Å². The molecular formula is C13H8BrFN2O3. The molecule has 2 N–H and O–H groups in total. The van der Waals surface area contributed by atoms with Gasteiger partial charge in [0.15, 0.2) is 0 Å². The molecule has 0 atom stereocenters. The van der Waals surface area contributed by atoms with Crippen LogP contribution >= 0.6 is 15.9 Å². The van der Waals surface area contributed by atoms with Gasteiger partial charge < -0.3 is 10.4 Å². The summed E-state index contributed by atoms with van der Waals surface area (Å²) in [6, 6.07) is 6.20. The first-order valence-corrected chi connectivity index (χ1v) is 6.22. The van der Waals surface area contributed by atoms with E-state index in [1.165, 1.54) is 18.3 Å². The summed E-state index contributed by atoms with van der Waals surface area (Å²) in [6.07, 6.45) is 1.44. The minimum atomic E-state index is -1.33. The summed E-state index contributed by atoms with van der Waals surface area (Å²) in [4.78, 5) is 26.8. The van der Waals surface area contributed by atoms with E-state index in [1.54, 1.807) is 6.07 Å². The summed E-state index contributed by atoms with van der Waals surface area (Å²) >= 11 is 3.19. The number of nitrogens with zero attached hydrogens (tertiary/aromatic N) is 1. The maximum absolute atomic E-state index is 13.0. The normalized spacial score (nSPS) is 10.1. The zero-order chi connectivity index (χ0) is 14.7. The van der Waals surface area contributed by atoms with E-state index in [1.807, 2.05) is 0 Å². The Kier molecular flexibility index (Phi) is 4.09. The van der Waals surface area contributed by atoms with Crippen molar-refractivity contribution in [1.29, 1.82) is 0 Å². The molecule has 102 valence electrons. The third-order valence-corrected chi connectivity index (χ3v) is 2.89. The fourth-order valence-electron chi connectivity index (χ4n) is 1.50. The molecule has 0 aliphatic heterocycles. The molecule has 20 heavy (non-hydrogen) atoms. The lowest BCUT2D eigenvalue weighted by atomic mass is 10.1. The second-order valence-corrected chi connectivity index (χ2v) is 4.73. The Balaban J connectivity index is 2.28. The third-order valence-electron chi connectivity index (χ3n) is 2.42. The molecular weight excluding hydrogens is 331 g/mol. The van der Waals surface area contributed by atoms with E-state index in [9.17, 15) is 14.0 Å². The summed E-state index contributed by atoms with van der Waals surface area (Å²) in [7, 11) is 0. The first-order valence-electron chi connectivity index (χ1n) is 5.43. The molecule has 0 aliphatic carbocycles. The molecule has 1 amide bonds. The zero-order valence-corrected chi connectivity index (χ0v) is 11.5. The fraction of sp³-hybridized carbons (Fsp3) is 0. The highest BCUT2D eigenvalue weighted by molar-refractivity contribution is 9.10. The molecule has 5 nitrogen and oxygen atoms in total. The minimum absolute atomic E-state index is 0.00798. The van der Waals surface area contributed by atoms with Crippen molar-refractivity contribution in [2.24, 2.45) is 0 Å². The number of benzene rings is 1. The molecule has 7 heteroatoms. The maximum Gasteiger partial charge on any atom is 0.337 e. The first-order chi connectivity index (χ1) is 9.47. The second-order valence-electron chi connectivity index (χ2n) is 3.81. The molecule has 1 aromatic carbocycles. The Morgan fingerprint density at radius 3 is 2.60 bits per heavy atom. The number of carbonyl (C=O) groups is 2. The van der Waals surface area contributed by atoms with Gasteiger partial charge >= 0.3 is 5.97 Å². The summed E-state index contributed by atoms with van der Waals surface area (Å²) in [5.41, 5.74) is -0.196. The van der Waals surface area contributed by atoms with Crippen LogP contribution in [0.1, 0.15) is 20.8 Å². The highest BCUT2D eigenvalue weighted by atomic mass is 79.9. The zero-order valence-electron chi connectivity index (χ0n) is 9.93. The lowest BCUT2D eigenvalue weighted by molar-refractivity contribution is 0.0697. The Bertz CT molecular complexity index is 674. The molecule has 2 aromatic rings. The monoisotopic (exact) mass is 338 g/mol. The average Bonchev–Trinajstić information content (AvgIpc) is 2.41. The number of aromatic nitrogens is 1. The van der Waals surface area contributed by atoms with Crippen LogP contribution in [0.4, 0.5) is 10.1 Å². The van der Waals surface area contributed by atoms with Crippen LogP contribution in [0.25, 0.3) is 0 Å².